The van der Waals surface area contributed by atoms with Gasteiger partial charge in [0, 0.05) is 42.4 Å². The predicted octanol–water partition coefficient (Wildman–Crippen LogP) is 14.0. The van der Waals surface area contributed by atoms with Crippen LogP contribution in [-0.4, -0.2) is 19.9 Å². The highest BCUT2D eigenvalue weighted by Crippen LogP contribution is 2.43. The van der Waals surface area contributed by atoms with E-state index in [9.17, 15) is 0 Å². The van der Waals surface area contributed by atoms with Gasteiger partial charge in [-0.25, -0.2) is 19.9 Å². The molecule has 0 aliphatic heterocycles. The van der Waals surface area contributed by atoms with Gasteiger partial charge in [0.05, 0.1) is 31.8 Å². The molecule has 11 rings (SSSR count). The van der Waals surface area contributed by atoms with Crippen LogP contribution in [0.15, 0.2) is 182 Å². The van der Waals surface area contributed by atoms with E-state index in [1.54, 1.807) is 22.7 Å². The Balaban J connectivity index is 1.11. The van der Waals surface area contributed by atoms with E-state index in [0.29, 0.717) is 11.6 Å². The molecule has 262 valence electrons. The molecule has 7 aromatic carbocycles. The third-order valence-electron chi connectivity index (χ3n) is 10.4. The SMILES string of the molecule is c1ccc(-c2ccc(-c3nc(-c4ccccc4-c4nc(-c5ccc(-c6ccccc6)cc5)c5sc6ccccc6c5n4)nc4c3sc3ccccc34)cc2)cc1. The number of nitrogens with zero attached hydrogens (tertiary/aromatic N) is 4. The van der Waals surface area contributed by atoms with E-state index in [2.05, 4.69) is 158 Å². The topological polar surface area (TPSA) is 51.6 Å². The van der Waals surface area contributed by atoms with Crippen LogP contribution in [0, 0.1) is 0 Å². The molecule has 0 atom stereocenters. The molecule has 0 aliphatic carbocycles. The summed E-state index contributed by atoms with van der Waals surface area (Å²) < 4.78 is 4.52. The molecule has 6 heteroatoms. The summed E-state index contributed by atoms with van der Waals surface area (Å²) in [5.74, 6) is 1.29. The number of hydrogen-bond acceptors (Lipinski definition) is 6. The van der Waals surface area contributed by atoms with Crippen molar-refractivity contribution in [3.8, 4) is 67.5 Å². The predicted molar refractivity (Wildman–Crippen MR) is 236 cm³/mol. The minimum Gasteiger partial charge on any atom is -0.226 e. The molecule has 4 heterocycles. The van der Waals surface area contributed by atoms with Crippen molar-refractivity contribution >= 4 is 63.3 Å². The van der Waals surface area contributed by atoms with Gasteiger partial charge < -0.3 is 0 Å². The van der Waals surface area contributed by atoms with Gasteiger partial charge in [0.15, 0.2) is 11.6 Å². The lowest BCUT2D eigenvalue weighted by Crippen LogP contribution is -1.98. The Kier molecular flexibility index (Phi) is 7.83. The fraction of sp³-hybridized carbons (Fsp3) is 0. The van der Waals surface area contributed by atoms with Crippen LogP contribution >= 0.6 is 22.7 Å². The van der Waals surface area contributed by atoms with Crippen molar-refractivity contribution in [1.82, 2.24) is 19.9 Å². The standard InChI is InChI=1S/C50H30N4S2/c1-3-13-31(14-4-1)33-23-27-35(28-24-33)43-47-45(39-19-9-11-21-41(39)55-47)53-49(51-43)37-17-7-8-18-38(37)50-52-44(48-46(54-50)40-20-10-12-22-42(40)56-48)36-29-25-34(26-30-36)32-15-5-2-6-16-32/h1-30H. The second kappa shape index (κ2) is 13.5. The normalized spacial score (nSPS) is 11.6. The lowest BCUT2D eigenvalue weighted by atomic mass is 10.0. The molecule has 11 aromatic rings. The Morgan fingerprint density at radius 3 is 1.05 bits per heavy atom. The molecule has 0 N–H and O–H groups in total. The van der Waals surface area contributed by atoms with Gasteiger partial charge in [0.1, 0.15) is 0 Å². The van der Waals surface area contributed by atoms with Gasteiger partial charge >= 0.3 is 0 Å². The average Bonchev–Trinajstić information content (AvgIpc) is 3.85. The Labute approximate surface area is 331 Å². The molecule has 56 heavy (non-hydrogen) atoms. The van der Waals surface area contributed by atoms with Crippen LogP contribution in [0.3, 0.4) is 0 Å². The van der Waals surface area contributed by atoms with Crippen molar-refractivity contribution in [2.75, 3.05) is 0 Å². The molecule has 4 nitrogen and oxygen atoms in total. The van der Waals surface area contributed by atoms with Crippen molar-refractivity contribution in [3.05, 3.63) is 182 Å². The first-order chi connectivity index (χ1) is 27.7. The van der Waals surface area contributed by atoms with Crippen LogP contribution in [-0.2, 0) is 0 Å². The number of hydrogen-bond donors (Lipinski definition) is 0. The van der Waals surface area contributed by atoms with Crippen molar-refractivity contribution in [1.29, 1.82) is 0 Å². The molecule has 4 aromatic heterocycles. The molecule has 0 amide bonds. The minimum absolute atomic E-state index is 0.645. The molecule has 0 bridgehead atoms. The summed E-state index contributed by atoms with van der Waals surface area (Å²) in [5.41, 5.74) is 12.3. The fourth-order valence-corrected chi connectivity index (χ4v) is 9.90. The first-order valence-electron chi connectivity index (χ1n) is 18.6. The van der Waals surface area contributed by atoms with Gasteiger partial charge in [-0.3, -0.25) is 0 Å². The van der Waals surface area contributed by atoms with E-state index in [4.69, 9.17) is 19.9 Å². The maximum absolute atomic E-state index is 5.39. The summed E-state index contributed by atoms with van der Waals surface area (Å²) in [6.07, 6.45) is 0. The maximum Gasteiger partial charge on any atom is 0.161 e. The summed E-state index contributed by atoms with van der Waals surface area (Å²) in [6.45, 7) is 0. The third-order valence-corrected chi connectivity index (χ3v) is 12.7. The number of thiophene rings is 2. The van der Waals surface area contributed by atoms with E-state index in [1.165, 1.54) is 31.7 Å². The van der Waals surface area contributed by atoms with E-state index < -0.39 is 0 Å². The monoisotopic (exact) mass is 750 g/mol. The van der Waals surface area contributed by atoms with Crippen LogP contribution in [0.5, 0.6) is 0 Å². The Hall–Kier alpha value is -6.86. The molecule has 0 radical (unpaired) electrons. The fourth-order valence-electron chi connectivity index (χ4n) is 7.59. The van der Waals surface area contributed by atoms with Crippen LogP contribution in [0.25, 0.3) is 108 Å². The molecule has 0 spiro atoms. The smallest absolute Gasteiger partial charge is 0.161 e. The quantitative estimate of drug-likeness (QED) is 0.170. The van der Waals surface area contributed by atoms with Crippen molar-refractivity contribution in [2.24, 2.45) is 0 Å². The highest BCUT2D eigenvalue weighted by atomic mass is 32.1. The van der Waals surface area contributed by atoms with E-state index in [-0.39, 0.29) is 0 Å². The van der Waals surface area contributed by atoms with Crippen molar-refractivity contribution < 1.29 is 0 Å². The average molecular weight is 751 g/mol. The molecule has 0 unspecified atom stereocenters. The Morgan fingerprint density at radius 2 is 0.625 bits per heavy atom. The number of benzene rings is 7. The van der Waals surface area contributed by atoms with E-state index in [1.807, 2.05) is 24.3 Å². The van der Waals surface area contributed by atoms with Gasteiger partial charge in [-0.1, -0.05) is 170 Å². The molecular weight excluding hydrogens is 721 g/mol. The zero-order chi connectivity index (χ0) is 37.0. The van der Waals surface area contributed by atoms with Gasteiger partial charge in [0.25, 0.3) is 0 Å². The van der Waals surface area contributed by atoms with E-state index >= 15 is 0 Å². The molecule has 0 saturated heterocycles. The summed E-state index contributed by atoms with van der Waals surface area (Å²) in [5, 5.41) is 2.25. The Morgan fingerprint density at radius 1 is 0.286 bits per heavy atom. The van der Waals surface area contributed by atoms with E-state index in [0.717, 1.165) is 64.8 Å². The molecule has 0 saturated carbocycles. The van der Waals surface area contributed by atoms with Gasteiger partial charge in [-0.05, 0) is 34.4 Å². The number of rotatable bonds is 6. The minimum atomic E-state index is 0.645. The summed E-state index contributed by atoms with van der Waals surface area (Å²) in [4.78, 5) is 21.5. The van der Waals surface area contributed by atoms with Gasteiger partial charge in [-0.2, -0.15) is 0 Å². The first kappa shape index (κ1) is 32.6. The lowest BCUT2D eigenvalue weighted by Gasteiger charge is -2.12. The number of fused-ring (bicyclic) bond motifs is 6. The second-order valence-electron chi connectivity index (χ2n) is 13.8. The number of aromatic nitrogens is 4. The summed E-state index contributed by atoms with van der Waals surface area (Å²) in [6, 6.07) is 63.7. The highest BCUT2D eigenvalue weighted by molar-refractivity contribution is 7.26. The van der Waals surface area contributed by atoms with Crippen LogP contribution in [0.2, 0.25) is 0 Å². The summed E-state index contributed by atoms with van der Waals surface area (Å²) >= 11 is 3.48. The zero-order valence-electron chi connectivity index (χ0n) is 29.9. The van der Waals surface area contributed by atoms with Gasteiger partial charge in [0.2, 0.25) is 0 Å². The van der Waals surface area contributed by atoms with Crippen LogP contribution in [0.1, 0.15) is 0 Å². The second-order valence-corrected chi connectivity index (χ2v) is 15.9. The Bertz CT molecular complexity index is 3000. The van der Waals surface area contributed by atoms with Gasteiger partial charge in [-0.15, -0.1) is 22.7 Å². The zero-order valence-corrected chi connectivity index (χ0v) is 31.6. The van der Waals surface area contributed by atoms with Crippen molar-refractivity contribution in [3.63, 3.8) is 0 Å². The molecule has 0 aliphatic rings. The molecular formula is C50H30N4S2. The largest absolute Gasteiger partial charge is 0.226 e. The third kappa shape index (κ3) is 5.58. The summed E-state index contributed by atoms with van der Waals surface area (Å²) in [7, 11) is 0. The van der Waals surface area contributed by atoms with Crippen molar-refractivity contribution in [2.45, 2.75) is 0 Å². The van der Waals surface area contributed by atoms with Crippen LogP contribution in [0.4, 0.5) is 0 Å². The first-order valence-corrected chi connectivity index (χ1v) is 20.2. The maximum atomic E-state index is 5.39. The highest BCUT2D eigenvalue weighted by Gasteiger charge is 2.22. The van der Waals surface area contributed by atoms with Crippen LogP contribution < -0.4 is 0 Å². The molecule has 0 fully saturated rings. The lowest BCUT2D eigenvalue weighted by molar-refractivity contribution is 1.21.